The monoisotopic (exact) mass is 303 g/mol. The number of ether oxygens (including phenoxy) is 1. The minimum Gasteiger partial charge on any atom is -0.491 e. The van der Waals surface area contributed by atoms with Crippen LogP contribution < -0.4 is 10.1 Å². The van der Waals surface area contributed by atoms with E-state index < -0.39 is 0 Å². The predicted molar refractivity (Wildman–Crippen MR) is 91.0 cm³/mol. The van der Waals surface area contributed by atoms with Crippen molar-refractivity contribution in [1.82, 2.24) is 5.32 Å². The predicted octanol–water partition coefficient (Wildman–Crippen LogP) is 5.17. The number of benzene rings is 1. The van der Waals surface area contributed by atoms with Crippen molar-refractivity contribution in [3.8, 4) is 5.75 Å². The first-order valence-electron chi connectivity index (χ1n) is 7.71. The molecule has 1 unspecified atom stereocenters. The van der Waals surface area contributed by atoms with E-state index in [0.29, 0.717) is 6.04 Å². The maximum Gasteiger partial charge on any atom is 0.119 e. The van der Waals surface area contributed by atoms with Crippen LogP contribution in [0.2, 0.25) is 0 Å². The molecule has 0 saturated heterocycles. The van der Waals surface area contributed by atoms with E-state index in [2.05, 4.69) is 54.0 Å². The zero-order chi connectivity index (χ0) is 15.1. The summed E-state index contributed by atoms with van der Waals surface area (Å²) in [5, 5.41) is 5.82. The first kappa shape index (κ1) is 16.1. The van der Waals surface area contributed by atoms with Gasteiger partial charge in [0.2, 0.25) is 0 Å². The molecule has 1 N–H and O–H groups in total. The highest BCUT2D eigenvalue weighted by molar-refractivity contribution is 7.10. The van der Waals surface area contributed by atoms with Gasteiger partial charge in [-0.25, -0.2) is 0 Å². The molecule has 1 aromatic heterocycles. The van der Waals surface area contributed by atoms with Gasteiger partial charge in [-0.2, -0.15) is 0 Å². The molecule has 1 aromatic carbocycles. The van der Waals surface area contributed by atoms with Crippen molar-refractivity contribution in [1.29, 1.82) is 0 Å². The van der Waals surface area contributed by atoms with Gasteiger partial charge >= 0.3 is 0 Å². The Balaban J connectivity index is 1.91. The second-order valence-corrected chi connectivity index (χ2v) is 6.53. The molecule has 0 aliphatic heterocycles. The summed E-state index contributed by atoms with van der Waals surface area (Å²) in [5.41, 5.74) is 1.30. The van der Waals surface area contributed by atoms with Crippen LogP contribution >= 0.6 is 11.3 Å². The van der Waals surface area contributed by atoms with E-state index in [4.69, 9.17) is 4.74 Å². The van der Waals surface area contributed by atoms with Crippen LogP contribution in [0.4, 0.5) is 0 Å². The molecule has 2 rings (SSSR count). The lowest BCUT2D eigenvalue weighted by Crippen LogP contribution is -2.19. The minimum atomic E-state index is 0.224. The first-order chi connectivity index (χ1) is 10.2. The summed E-state index contributed by atoms with van der Waals surface area (Å²) < 4.78 is 5.67. The molecule has 21 heavy (non-hydrogen) atoms. The third-order valence-corrected chi connectivity index (χ3v) is 4.30. The summed E-state index contributed by atoms with van der Waals surface area (Å²) in [6, 6.07) is 13.2. The van der Waals surface area contributed by atoms with Crippen LogP contribution in [0.25, 0.3) is 0 Å². The van der Waals surface area contributed by atoms with E-state index in [1.807, 2.05) is 25.2 Å². The summed E-state index contributed by atoms with van der Waals surface area (Å²) >= 11 is 1.83. The molecular weight excluding hydrogens is 278 g/mol. The molecule has 0 amide bonds. The van der Waals surface area contributed by atoms with Crippen molar-refractivity contribution in [3.05, 3.63) is 52.2 Å². The van der Waals surface area contributed by atoms with Crippen LogP contribution in [0.1, 0.15) is 50.1 Å². The Morgan fingerprint density at radius 3 is 2.48 bits per heavy atom. The second kappa shape index (κ2) is 8.20. The summed E-state index contributed by atoms with van der Waals surface area (Å²) in [6.07, 6.45) is 2.59. The smallest absolute Gasteiger partial charge is 0.119 e. The Kier molecular flexibility index (Phi) is 6.27. The number of hydrogen-bond donors (Lipinski definition) is 1. The van der Waals surface area contributed by atoms with Gasteiger partial charge in [-0.1, -0.05) is 31.5 Å². The highest BCUT2D eigenvalue weighted by Gasteiger charge is 2.10. The number of nitrogens with one attached hydrogen (secondary N) is 1. The van der Waals surface area contributed by atoms with Gasteiger partial charge in [0, 0.05) is 17.5 Å². The molecule has 0 aliphatic rings. The summed E-state index contributed by atoms with van der Waals surface area (Å²) in [7, 11) is 0. The Morgan fingerprint density at radius 2 is 1.90 bits per heavy atom. The molecule has 0 radical (unpaired) electrons. The number of rotatable bonds is 8. The van der Waals surface area contributed by atoms with Crippen molar-refractivity contribution >= 4 is 11.3 Å². The molecule has 2 aromatic rings. The van der Waals surface area contributed by atoms with Crippen LogP contribution in [0.5, 0.6) is 5.75 Å². The molecule has 2 nitrogen and oxygen atoms in total. The van der Waals surface area contributed by atoms with Gasteiger partial charge in [-0.15, -0.1) is 11.3 Å². The molecule has 0 saturated carbocycles. The van der Waals surface area contributed by atoms with Crippen LogP contribution in [-0.4, -0.2) is 6.10 Å². The fourth-order valence-corrected chi connectivity index (χ4v) is 3.16. The topological polar surface area (TPSA) is 21.3 Å². The van der Waals surface area contributed by atoms with E-state index in [-0.39, 0.29) is 6.10 Å². The van der Waals surface area contributed by atoms with Crippen molar-refractivity contribution in [2.45, 2.75) is 52.3 Å². The lowest BCUT2D eigenvalue weighted by Gasteiger charge is -2.17. The molecule has 0 spiro atoms. The molecule has 0 bridgehead atoms. The van der Waals surface area contributed by atoms with Gasteiger partial charge in [0.05, 0.1) is 6.10 Å². The fraction of sp³-hybridized carbons (Fsp3) is 0.444. The van der Waals surface area contributed by atoms with E-state index in [1.54, 1.807) is 0 Å². The maximum absolute atomic E-state index is 5.67. The van der Waals surface area contributed by atoms with E-state index in [9.17, 15) is 0 Å². The largest absolute Gasteiger partial charge is 0.491 e. The Bertz CT molecular complexity index is 505. The molecule has 0 fully saturated rings. The molecule has 1 atom stereocenters. The minimum absolute atomic E-state index is 0.224. The zero-order valence-corrected chi connectivity index (χ0v) is 14.0. The third-order valence-electron chi connectivity index (χ3n) is 3.31. The zero-order valence-electron chi connectivity index (χ0n) is 13.1. The van der Waals surface area contributed by atoms with E-state index in [0.717, 1.165) is 12.3 Å². The van der Waals surface area contributed by atoms with E-state index >= 15 is 0 Å². The SMILES string of the molecule is CCCC(NCc1ccc(OC(C)C)cc1)c1cccs1. The highest BCUT2D eigenvalue weighted by atomic mass is 32.1. The summed E-state index contributed by atoms with van der Waals surface area (Å²) in [5.74, 6) is 0.942. The summed E-state index contributed by atoms with van der Waals surface area (Å²) in [6.45, 7) is 7.22. The fourth-order valence-electron chi connectivity index (χ4n) is 2.32. The van der Waals surface area contributed by atoms with Crippen LogP contribution in [0.15, 0.2) is 41.8 Å². The normalized spacial score (nSPS) is 12.6. The number of hydrogen-bond acceptors (Lipinski definition) is 3. The van der Waals surface area contributed by atoms with Crippen LogP contribution in [0.3, 0.4) is 0 Å². The van der Waals surface area contributed by atoms with Gasteiger partial charge < -0.3 is 10.1 Å². The first-order valence-corrected chi connectivity index (χ1v) is 8.59. The maximum atomic E-state index is 5.67. The average molecular weight is 303 g/mol. The third kappa shape index (κ3) is 5.18. The van der Waals surface area contributed by atoms with Gasteiger partial charge in [-0.3, -0.25) is 0 Å². The van der Waals surface area contributed by atoms with E-state index in [1.165, 1.54) is 23.3 Å². The van der Waals surface area contributed by atoms with Crippen molar-refractivity contribution in [2.75, 3.05) is 0 Å². The van der Waals surface area contributed by atoms with Crippen molar-refractivity contribution in [3.63, 3.8) is 0 Å². The highest BCUT2D eigenvalue weighted by Crippen LogP contribution is 2.24. The summed E-state index contributed by atoms with van der Waals surface area (Å²) in [4.78, 5) is 1.43. The average Bonchev–Trinajstić information content (AvgIpc) is 2.98. The molecule has 1 heterocycles. The second-order valence-electron chi connectivity index (χ2n) is 5.55. The molecule has 0 aliphatic carbocycles. The molecular formula is C18H25NOS. The Hall–Kier alpha value is -1.32. The van der Waals surface area contributed by atoms with Crippen LogP contribution in [-0.2, 0) is 6.54 Å². The quantitative estimate of drug-likeness (QED) is 0.726. The Morgan fingerprint density at radius 1 is 1.14 bits per heavy atom. The number of thiophene rings is 1. The van der Waals surface area contributed by atoms with Gasteiger partial charge in [-0.05, 0) is 49.4 Å². The Labute approximate surface area is 132 Å². The lowest BCUT2D eigenvalue weighted by molar-refractivity contribution is 0.242. The van der Waals surface area contributed by atoms with Crippen molar-refractivity contribution in [2.24, 2.45) is 0 Å². The molecule has 3 heteroatoms. The van der Waals surface area contributed by atoms with Gasteiger partial charge in [0.15, 0.2) is 0 Å². The van der Waals surface area contributed by atoms with Gasteiger partial charge in [0.25, 0.3) is 0 Å². The molecule has 114 valence electrons. The van der Waals surface area contributed by atoms with Crippen LogP contribution in [0, 0.1) is 0 Å². The van der Waals surface area contributed by atoms with Crippen molar-refractivity contribution < 1.29 is 4.74 Å². The van der Waals surface area contributed by atoms with Gasteiger partial charge in [0.1, 0.15) is 5.75 Å². The lowest BCUT2D eigenvalue weighted by atomic mass is 10.1. The standard InChI is InChI=1S/C18H25NOS/c1-4-6-17(18-7-5-12-21-18)19-13-15-8-10-16(11-9-15)20-14(2)3/h5,7-12,14,17,19H,4,6,13H2,1-3H3.